The number of fused-ring (bicyclic) bond motifs is 1. The van der Waals surface area contributed by atoms with Crippen molar-refractivity contribution in [2.24, 2.45) is 0 Å². The molecule has 0 saturated heterocycles. The van der Waals surface area contributed by atoms with Gasteiger partial charge >= 0.3 is 7.60 Å². The lowest BCUT2D eigenvalue weighted by molar-refractivity contribution is 0.104. The summed E-state index contributed by atoms with van der Waals surface area (Å²) in [5.41, 5.74) is 3.92. The van der Waals surface area contributed by atoms with Gasteiger partial charge in [-0.2, -0.15) is 0 Å². The quantitative estimate of drug-likeness (QED) is 0.164. The van der Waals surface area contributed by atoms with Gasteiger partial charge in [0.1, 0.15) is 5.44 Å². The second kappa shape index (κ2) is 10.7. The zero-order valence-electron chi connectivity index (χ0n) is 20.8. The van der Waals surface area contributed by atoms with E-state index in [0.717, 1.165) is 21.9 Å². The van der Waals surface area contributed by atoms with E-state index in [1.54, 1.807) is 13.8 Å². The molecule has 0 aliphatic carbocycles. The highest BCUT2D eigenvalue weighted by Gasteiger charge is 2.37. The molecule has 0 unspecified atom stereocenters. The van der Waals surface area contributed by atoms with Crippen molar-refractivity contribution >= 4 is 29.6 Å². The molecule has 0 atom stereocenters. The predicted octanol–water partition coefficient (Wildman–Crippen LogP) is 7.62. The second-order valence-electron chi connectivity index (χ2n) is 8.55. The van der Waals surface area contributed by atoms with Crippen molar-refractivity contribution in [3.8, 4) is 22.4 Å². The van der Waals surface area contributed by atoms with Crippen molar-refractivity contribution in [3.05, 3.63) is 114 Å². The van der Waals surface area contributed by atoms with Crippen LogP contribution in [0.4, 0.5) is 0 Å². The van der Waals surface area contributed by atoms with E-state index in [9.17, 15) is 9.36 Å². The highest BCUT2D eigenvalue weighted by atomic mass is 31.2. The number of aromatic nitrogens is 1. The monoisotopic (exact) mass is 509 g/mol. The zero-order valence-corrected chi connectivity index (χ0v) is 21.7. The maximum Gasteiger partial charge on any atom is 0.378 e. The largest absolute Gasteiger partial charge is 0.378 e. The van der Waals surface area contributed by atoms with Gasteiger partial charge < -0.3 is 14.0 Å². The molecular weight excluding hydrogens is 481 g/mol. The SMILES string of the molecule is CCOP(=O)(OCC)c1[nH]c(-c2ccccc2)c(C(=O)c2ccc3ccccc3c2)c1-c1ccccc1. The van der Waals surface area contributed by atoms with E-state index < -0.39 is 7.60 Å². The smallest absolute Gasteiger partial charge is 0.347 e. The van der Waals surface area contributed by atoms with Gasteiger partial charge in [-0.3, -0.25) is 9.36 Å². The zero-order chi connectivity index (χ0) is 25.8. The molecule has 0 aliphatic rings. The van der Waals surface area contributed by atoms with Crippen molar-refractivity contribution in [2.45, 2.75) is 13.8 Å². The van der Waals surface area contributed by atoms with Crippen LogP contribution >= 0.6 is 7.60 Å². The molecule has 5 nitrogen and oxygen atoms in total. The van der Waals surface area contributed by atoms with Gasteiger partial charge in [0.2, 0.25) is 0 Å². The maximum atomic E-state index is 14.3. The summed E-state index contributed by atoms with van der Waals surface area (Å²) in [6.45, 7) is 3.93. The minimum atomic E-state index is -3.78. The molecule has 6 heteroatoms. The highest BCUT2D eigenvalue weighted by Crippen LogP contribution is 2.51. The molecule has 1 aromatic heterocycles. The third-order valence-electron chi connectivity index (χ3n) is 6.22. The molecule has 37 heavy (non-hydrogen) atoms. The minimum Gasteiger partial charge on any atom is -0.347 e. The topological polar surface area (TPSA) is 68.4 Å². The van der Waals surface area contributed by atoms with Crippen LogP contribution in [0, 0.1) is 0 Å². The van der Waals surface area contributed by atoms with Crippen molar-refractivity contribution < 1.29 is 18.4 Å². The van der Waals surface area contributed by atoms with Crippen LogP contribution in [0.2, 0.25) is 0 Å². The fraction of sp³-hybridized carbons (Fsp3) is 0.129. The van der Waals surface area contributed by atoms with E-state index in [-0.39, 0.29) is 24.4 Å². The fourth-order valence-corrected chi connectivity index (χ4v) is 6.38. The summed E-state index contributed by atoms with van der Waals surface area (Å²) < 4.78 is 25.7. The first-order valence-corrected chi connectivity index (χ1v) is 13.9. The van der Waals surface area contributed by atoms with E-state index in [4.69, 9.17) is 9.05 Å². The molecule has 0 bridgehead atoms. The van der Waals surface area contributed by atoms with Crippen molar-refractivity contribution in [1.82, 2.24) is 4.98 Å². The number of hydrogen-bond donors (Lipinski definition) is 1. The van der Waals surface area contributed by atoms with Gasteiger partial charge in [-0.05, 0) is 41.8 Å². The normalized spacial score (nSPS) is 11.6. The standard InChI is InChI=1S/C31H28NO4P/c1-3-35-37(34,36-4-2)31-27(23-14-7-5-8-15-23)28(29(32-31)24-16-9-6-10-17-24)30(33)26-20-19-22-13-11-12-18-25(22)21-26/h5-21,32H,3-4H2,1-2H3. The Morgan fingerprint density at radius 1 is 0.730 bits per heavy atom. The average Bonchev–Trinajstić information content (AvgIpc) is 3.35. The Morgan fingerprint density at radius 2 is 1.30 bits per heavy atom. The van der Waals surface area contributed by atoms with Crippen LogP contribution in [-0.2, 0) is 13.6 Å². The molecule has 0 amide bonds. The summed E-state index contributed by atoms with van der Waals surface area (Å²) >= 11 is 0. The van der Waals surface area contributed by atoms with Crippen molar-refractivity contribution in [1.29, 1.82) is 0 Å². The van der Waals surface area contributed by atoms with Crippen LogP contribution in [0.15, 0.2) is 103 Å². The second-order valence-corrected chi connectivity index (χ2v) is 10.5. The first-order chi connectivity index (χ1) is 18.1. The molecule has 0 radical (unpaired) electrons. The van der Waals surface area contributed by atoms with Gasteiger partial charge in [-0.1, -0.05) is 97.1 Å². The lowest BCUT2D eigenvalue weighted by Gasteiger charge is -2.18. The number of H-pyrrole nitrogens is 1. The summed E-state index contributed by atoms with van der Waals surface area (Å²) in [4.78, 5) is 17.7. The van der Waals surface area contributed by atoms with Gasteiger partial charge in [0.25, 0.3) is 0 Å². The molecule has 5 aromatic rings. The van der Waals surface area contributed by atoms with Crippen LogP contribution in [0.5, 0.6) is 0 Å². The molecule has 0 aliphatic heterocycles. The molecule has 4 aromatic carbocycles. The maximum absolute atomic E-state index is 14.3. The number of hydrogen-bond acceptors (Lipinski definition) is 4. The first kappa shape index (κ1) is 24.9. The highest BCUT2D eigenvalue weighted by molar-refractivity contribution is 7.62. The number of aromatic amines is 1. The summed E-state index contributed by atoms with van der Waals surface area (Å²) in [6, 6.07) is 32.7. The lowest BCUT2D eigenvalue weighted by atomic mass is 9.92. The number of carbonyl (C=O) groups is 1. The van der Waals surface area contributed by atoms with Crippen LogP contribution < -0.4 is 5.44 Å². The Balaban J connectivity index is 1.83. The average molecular weight is 510 g/mol. The summed E-state index contributed by atoms with van der Waals surface area (Å²) in [7, 11) is -3.78. The van der Waals surface area contributed by atoms with Crippen LogP contribution in [0.1, 0.15) is 29.8 Å². The minimum absolute atomic E-state index is 0.175. The number of nitrogens with one attached hydrogen (secondary N) is 1. The van der Waals surface area contributed by atoms with Gasteiger partial charge in [-0.25, -0.2) is 0 Å². The van der Waals surface area contributed by atoms with E-state index in [0.29, 0.717) is 22.4 Å². The molecule has 0 saturated carbocycles. The number of rotatable bonds is 9. The molecule has 0 fully saturated rings. The Bertz CT molecular complexity index is 1580. The van der Waals surface area contributed by atoms with Gasteiger partial charge in [-0.15, -0.1) is 0 Å². The predicted molar refractivity (Wildman–Crippen MR) is 150 cm³/mol. The van der Waals surface area contributed by atoms with Crippen LogP contribution in [0.25, 0.3) is 33.2 Å². The Labute approximate surface area is 216 Å². The van der Waals surface area contributed by atoms with Crippen LogP contribution in [0.3, 0.4) is 0 Å². The van der Waals surface area contributed by atoms with E-state index in [2.05, 4.69) is 4.98 Å². The number of benzene rings is 4. The summed E-state index contributed by atoms with van der Waals surface area (Å²) in [5, 5.41) is 2.03. The Hall–Kier alpha value is -3.76. The van der Waals surface area contributed by atoms with Crippen molar-refractivity contribution in [3.63, 3.8) is 0 Å². The molecule has 0 spiro atoms. The van der Waals surface area contributed by atoms with Crippen LogP contribution in [-0.4, -0.2) is 24.0 Å². The third-order valence-corrected chi connectivity index (χ3v) is 8.30. The summed E-state index contributed by atoms with van der Waals surface area (Å²) in [5.74, 6) is -0.175. The lowest BCUT2D eigenvalue weighted by Crippen LogP contribution is -2.15. The molecular formula is C31H28NO4P. The number of ketones is 1. The molecule has 1 heterocycles. The van der Waals surface area contributed by atoms with Crippen molar-refractivity contribution in [2.75, 3.05) is 13.2 Å². The molecule has 186 valence electrons. The van der Waals surface area contributed by atoms with E-state index >= 15 is 0 Å². The fourth-order valence-electron chi connectivity index (χ4n) is 4.61. The molecule has 1 N–H and O–H groups in total. The van der Waals surface area contributed by atoms with Gasteiger partial charge in [0.05, 0.1) is 24.5 Å². The Morgan fingerprint density at radius 3 is 1.92 bits per heavy atom. The summed E-state index contributed by atoms with van der Waals surface area (Å²) in [6.07, 6.45) is 0. The number of carbonyl (C=O) groups excluding carboxylic acids is 1. The van der Waals surface area contributed by atoms with E-state index in [1.165, 1.54) is 0 Å². The Kier molecular flexibility index (Phi) is 7.20. The molecule has 5 rings (SSSR count). The first-order valence-electron chi connectivity index (χ1n) is 12.4. The van der Waals surface area contributed by atoms with Gasteiger partial charge in [0.15, 0.2) is 5.78 Å². The van der Waals surface area contributed by atoms with Gasteiger partial charge in [0, 0.05) is 11.1 Å². The third kappa shape index (κ3) is 4.82. The van der Waals surface area contributed by atoms with E-state index in [1.807, 2.05) is 103 Å².